The van der Waals surface area contributed by atoms with Crippen molar-refractivity contribution in [2.24, 2.45) is 0 Å². The molecule has 74 valence electrons. The molecule has 5 heteroatoms. The van der Waals surface area contributed by atoms with Gasteiger partial charge in [0.05, 0.1) is 6.61 Å². The first-order valence-electron chi connectivity index (χ1n) is 4.20. The molecule has 1 N–H and O–H groups in total. The van der Waals surface area contributed by atoms with E-state index in [9.17, 15) is 4.79 Å². The Morgan fingerprint density at radius 2 is 2.23 bits per heavy atom. The molecule has 2 aliphatic rings. The minimum absolute atomic E-state index is 0.240. The Hall–Kier alpha value is -0.650. The van der Waals surface area contributed by atoms with Crippen LogP contribution in [-0.2, 0) is 19.0 Å². The van der Waals surface area contributed by atoms with Crippen molar-refractivity contribution in [3.05, 3.63) is 0 Å². The van der Waals surface area contributed by atoms with Gasteiger partial charge in [-0.25, -0.2) is 4.79 Å². The first-order chi connectivity index (χ1) is 5.99. The standard InChI is InChI=1S/C8H12O5/c1-8(2)11-3-4(13-8)5-6(12-5)7(9)10/h4-6H,3H2,1-2H3,(H,9,10)/t4-,5-,6+/m1/s1. The summed E-state index contributed by atoms with van der Waals surface area (Å²) in [6.45, 7) is 4.00. The normalized spacial score (nSPS) is 41.8. The third-order valence-electron chi connectivity index (χ3n) is 2.17. The Balaban J connectivity index is 1.89. The molecule has 0 amide bonds. The van der Waals surface area contributed by atoms with Gasteiger partial charge in [0, 0.05) is 0 Å². The summed E-state index contributed by atoms with van der Waals surface area (Å²) in [6, 6.07) is 0. The molecule has 0 spiro atoms. The molecule has 2 aliphatic heterocycles. The molecule has 0 saturated carbocycles. The lowest BCUT2D eigenvalue weighted by molar-refractivity contribution is -0.141. The number of carboxylic acid groups (broad SMARTS) is 1. The van der Waals surface area contributed by atoms with Crippen LogP contribution >= 0.6 is 0 Å². The number of carboxylic acids is 1. The Bertz CT molecular complexity index is 237. The summed E-state index contributed by atoms with van der Waals surface area (Å²) >= 11 is 0. The molecular formula is C8H12O5. The van der Waals surface area contributed by atoms with Crippen molar-refractivity contribution in [1.82, 2.24) is 0 Å². The van der Waals surface area contributed by atoms with Crippen LogP contribution in [0.2, 0.25) is 0 Å². The van der Waals surface area contributed by atoms with Crippen molar-refractivity contribution in [3.8, 4) is 0 Å². The van der Waals surface area contributed by atoms with E-state index in [0.29, 0.717) is 6.61 Å². The fraction of sp³-hybridized carbons (Fsp3) is 0.875. The summed E-state index contributed by atoms with van der Waals surface area (Å²) in [6.07, 6.45) is -1.28. The SMILES string of the molecule is CC1(C)OC[C@H]([C@H]2O[C@@H]2C(=O)O)O1. The summed E-state index contributed by atoms with van der Waals surface area (Å²) in [5, 5.41) is 8.59. The van der Waals surface area contributed by atoms with Crippen molar-refractivity contribution < 1.29 is 24.1 Å². The van der Waals surface area contributed by atoms with E-state index < -0.39 is 17.9 Å². The van der Waals surface area contributed by atoms with Crippen LogP contribution < -0.4 is 0 Å². The quantitative estimate of drug-likeness (QED) is 0.617. The fourth-order valence-electron chi connectivity index (χ4n) is 1.48. The lowest BCUT2D eigenvalue weighted by atomic mass is 10.2. The van der Waals surface area contributed by atoms with Crippen LogP contribution in [-0.4, -0.2) is 41.8 Å². The molecule has 5 nitrogen and oxygen atoms in total. The van der Waals surface area contributed by atoms with Crippen LogP contribution in [0, 0.1) is 0 Å². The van der Waals surface area contributed by atoms with Crippen LogP contribution in [0.4, 0.5) is 0 Å². The largest absolute Gasteiger partial charge is 0.479 e. The Labute approximate surface area is 75.6 Å². The van der Waals surface area contributed by atoms with Gasteiger partial charge in [0.1, 0.15) is 12.2 Å². The third kappa shape index (κ3) is 1.67. The topological polar surface area (TPSA) is 68.3 Å². The van der Waals surface area contributed by atoms with Crippen LogP contribution in [0.5, 0.6) is 0 Å². The van der Waals surface area contributed by atoms with E-state index in [2.05, 4.69) is 0 Å². The number of rotatable bonds is 2. The van der Waals surface area contributed by atoms with Crippen molar-refractivity contribution in [2.45, 2.75) is 37.9 Å². The van der Waals surface area contributed by atoms with Crippen molar-refractivity contribution in [2.75, 3.05) is 6.61 Å². The molecule has 2 rings (SSSR count). The van der Waals surface area contributed by atoms with Gasteiger partial charge in [-0.2, -0.15) is 0 Å². The van der Waals surface area contributed by atoms with Crippen LogP contribution in [0.1, 0.15) is 13.8 Å². The second kappa shape index (κ2) is 2.67. The van der Waals surface area contributed by atoms with Crippen LogP contribution in [0.3, 0.4) is 0 Å². The van der Waals surface area contributed by atoms with Crippen molar-refractivity contribution in [3.63, 3.8) is 0 Å². The van der Waals surface area contributed by atoms with E-state index >= 15 is 0 Å². The molecule has 2 saturated heterocycles. The maximum absolute atomic E-state index is 10.5. The van der Waals surface area contributed by atoms with E-state index in [4.69, 9.17) is 19.3 Å². The Morgan fingerprint density at radius 1 is 1.54 bits per heavy atom. The fourth-order valence-corrected chi connectivity index (χ4v) is 1.48. The lowest BCUT2D eigenvalue weighted by Gasteiger charge is -2.16. The van der Waals surface area contributed by atoms with E-state index in [-0.39, 0.29) is 12.2 Å². The Kier molecular flexibility index (Phi) is 1.83. The predicted molar refractivity (Wildman–Crippen MR) is 41.2 cm³/mol. The highest BCUT2D eigenvalue weighted by molar-refractivity contribution is 5.75. The summed E-state index contributed by atoms with van der Waals surface area (Å²) in [5.41, 5.74) is 0. The first-order valence-corrected chi connectivity index (χ1v) is 4.20. The highest BCUT2D eigenvalue weighted by atomic mass is 16.8. The molecule has 2 fully saturated rings. The van der Waals surface area contributed by atoms with Gasteiger partial charge in [-0.1, -0.05) is 0 Å². The molecule has 0 aromatic carbocycles. The van der Waals surface area contributed by atoms with Gasteiger partial charge in [0.15, 0.2) is 11.9 Å². The second-order valence-corrected chi connectivity index (χ2v) is 3.73. The number of hydrogen-bond acceptors (Lipinski definition) is 4. The Morgan fingerprint density at radius 3 is 2.62 bits per heavy atom. The van der Waals surface area contributed by atoms with Gasteiger partial charge in [0.25, 0.3) is 0 Å². The molecule has 0 bridgehead atoms. The second-order valence-electron chi connectivity index (χ2n) is 3.73. The van der Waals surface area contributed by atoms with Gasteiger partial charge in [-0.3, -0.25) is 0 Å². The zero-order valence-corrected chi connectivity index (χ0v) is 7.52. The minimum atomic E-state index is -0.932. The summed E-state index contributed by atoms with van der Waals surface area (Å²) in [5.74, 6) is -1.54. The average Bonchev–Trinajstić information content (AvgIpc) is 2.71. The first kappa shape index (κ1) is 8.93. The molecule has 0 unspecified atom stereocenters. The number of hydrogen-bond donors (Lipinski definition) is 1. The zero-order valence-electron chi connectivity index (χ0n) is 7.52. The maximum Gasteiger partial charge on any atom is 0.335 e. The smallest absolute Gasteiger partial charge is 0.335 e. The van der Waals surface area contributed by atoms with Gasteiger partial charge in [0.2, 0.25) is 0 Å². The number of carbonyl (C=O) groups is 1. The van der Waals surface area contributed by atoms with E-state index in [1.165, 1.54) is 0 Å². The highest BCUT2D eigenvalue weighted by Gasteiger charge is 2.54. The zero-order chi connectivity index (χ0) is 9.64. The van der Waals surface area contributed by atoms with Crippen LogP contribution in [0.25, 0.3) is 0 Å². The van der Waals surface area contributed by atoms with Gasteiger partial charge in [-0.15, -0.1) is 0 Å². The monoisotopic (exact) mass is 188 g/mol. The van der Waals surface area contributed by atoms with Crippen molar-refractivity contribution in [1.29, 1.82) is 0 Å². The van der Waals surface area contributed by atoms with Gasteiger partial charge < -0.3 is 19.3 Å². The predicted octanol–water partition coefficient (Wildman–Crippen LogP) is -0.0101. The highest BCUT2D eigenvalue weighted by Crippen LogP contribution is 2.34. The van der Waals surface area contributed by atoms with Crippen LogP contribution in [0.15, 0.2) is 0 Å². The van der Waals surface area contributed by atoms with Gasteiger partial charge in [-0.05, 0) is 13.8 Å². The van der Waals surface area contributed by atoms with Gasteiger partial charge >= 0.3 is 5.97 Å². The molecule has 0 aliphatic carbocycles. The average molecular weight is 188 g/mol. The summed E-state index contributed by atoms with van der Waals surface area (Å²) in [4.78, 5) is 10.5. The number of ether oxygens (including phenoxy) is 3. The molecule has 13 heavy (non-hydrogen) atoms. The van der Waals surface area contributed by atoms with E-state index in [1.54, 1.807) is 13.8 Å². The molecule has 0 aromatic rings. The molecule has 3 atom stereocenters. The minimum Gasteiger partial charge on any atom is -0.479 e. The summed E-state index contributed by atoms with van der Waals surface area (Å²) < 4.78 is 15.7. The third-order valence-corrected chi connectivity index (χ3v) is 2.17. The maximum atomic E-state index is 10.5. The number of aliphatic carboxylic acids is 1. The number of epoxide rings is 1. The molecule has 0 radical (unpaired) electrons. The summed E-state index contributed by atoms with van der Waals surface area (Å²) in [7, 11) is 0. The lowest BCUT2D eigenvalue weighted by Crippen LogP contribution is -2.26. The molecular weight excluding hydrogens is 176 g/mol. The van der Waals surface area contributed by atoms with E-state index in [1.807, 2.05) is 0 Å². The van der Waals surface area contributed by atoms with Crippen molar-refractivity contribution >= 4 is 5.97 Å². The van der Waals surface area contributed by atoms with E-state index in [0.717, 1.165) is 0 Å². The molecule has 2 heterocycles. The molecule has 0 aromatic heterocycles.